The number of nitrogens with one attached hydrogen (secondary N) is 3. The highest BCUT2D eigenvalue weighted by Gasteiger charge is 2.13. The molecule has 7 heteroatoms. The molecular formula is C17H21N3O3S. The van der Waals surface area contributed by atoms with Gasteiger partial charge in [0.25, 0.3) is 0 Å². The van der Waals surface area contributed by atoms with E-state index in [2.05, 4.69) is 16.0 Å². The lowest BCUT2D eigenvalue weighted by molar-refractivity contribution is -0.119. The summed E-state index contributed by atoms with van der Waals surface area (Å²) in [7, 11) is 1.46. The maximum atomic E-state index is 12.1. The lowest BCUT2D eigenvalue weighted by atomic mass is 10.2. The first-order valence-electron chi connectivity index (χ1n) is 7.62. The van der Waals surface area contributed by atoms with Crippen molar-refractivity contribution < 1.29 is 14.3 Å². The van der Waals surface area contributed by atoms with Crippen molar-refractivity contribution >= 4 is 34.6 Å². The summed E-state index contributed by atoms with van der Waals surface area (Å²) in [4.78, 5) is 24.7. The minimum atomic E-state index is -0.258. The molecule has 3 N–H and O–H groups in total. The van der Waals surface area contributed by atoms with Crippen molar-refractivity contribution in [1.29, 1.82) is 0 Å². The molecule has 2 aromatic rings. The van der Waals surface area contributed by atoms with E-state index in [1.807, 2.05) is 24.4 Å². The SMILES string of the molecule is CC[C@H](NC(=O)Nc1ccc(NC(=O)COC)cc1)c1cccs1. The topological polar surface area (TPSA) is 79.5 Å². The average molecular weight is 347 g/mol. The van der Waals surface area contributed by atoms with Gasteiger partial charge in [-0.2, -0.15) is 0 Å². The quantitative estimate of drug-likeness (QED) is 0.716. The minimum absolute atomic E-state index is 0.00222. The van der Waals surface area contributed by atoms with Gasteiger partial charge >= 0.3 is 6.03 Å². The molecule has 3 amide bonds. The lowest BCUT2D eigenvalue weighted by Crippen LogP contribution is -2.31. The monoisotopic (exact) mass is 347 g/mol. The van der Waals surface area contributed by atoms with Gasteiger partial charge in [0, 0.05) is 23.4 Å². The number of amides is 3. The lowest BCUT2D eigenvalue weighted by Gasteiger charge is -2.16. The molecule has 0 radical (unpaired) electrons. The van der Waals surface area contributed by atoms with Gasteiger partial charge in [-0.05, 0) is 42.1 Å². The molecule has 2 rings (SSSR count). The summed E-state index contributed by atoms with van der Waals surface area (Å²) in [5.74, 6) is -0.224. The Morgan fingerprint density at radius 3 is 2.33 bits per heavy atom. The number of ether oxygens (including phenoxy) is 1. The molecule has 0 fully saturated rings. The number of urea groups is 1. The van der Waals surface area contributed by atoms with Crippen LogP contribution >= 0.6 is 11.3 Å². The Balaban J connectivity index is 1.88. The number of carbonyl (C=O) groups excluding carboxylic acids is 2. The van der Waals surface area contributed by atoms with Gasteiger partial charge in [-0.15, -0.1) is 11.3 Å². The van der Waals surface area contributed by atoms with Crippen LogP contribution in [0.4, 0.5) is 16.2 Å². The van der Waals surface area contributed by atoms with E-state index in [-0.39, 0.29) is 24.6 Å². The third-order valence-corrected chi connectivity index (χ3v) is 4.29. The molecule has 24 heavy (non-hydrogen) atoms. The first kappa shape index (κ1) is 18.0. The molecule has 0 unspecified atom stereocenters. The fourth-order valence-electron chi connectivity index (χ4n) is 2.15. The van der Waals surface area contributed by atoms with Crippen molar-refractivity contribution in [3.8, 4) is 0 Å². The van der Waals surface area contributed by atoms with Gasteiger partial charge in [-0.25, -0.2) is 4.79 Å². The molecule has 128 valence electrons. The summed E-state index contributed by atoms with van der Waals surface area (Å²) in [6, 6.07) is 10.6. The van der Waals surface area contributed by atoms with Crippen LogP contribution in [0.3, 0.4) is 0 Å². The van der Waals surface area contributed by atoms with Crippen LogP contribution in [0.5, 0.6) is 0 Å². The van der Waals surface area contributed by atoms with Gasteiger partial charge < -0.3 is 20.7 Å². The number of anilines is 2. The van der Waals surface area contributed by atoms with Crippen LogP contribution in [0.25, 0.3) is 0 Å². The zero-order chi connectivity index (χ0) is 17.4. The second kappa shape index (κ2) is 9.05. The summed E-state index contributed by atoms with van der Waals surface area (Å²) < 4.78 is 4.75. The molecule has 0 bridgehead atoms. The van der Waals surface area contributed by atoms with Crippen LogP contribution in [-0.2, 0) is 9.53 Å². The number of methoxy groups -OCH3 is 1. The number of hydrogen-bond donors (Lipinski definition) is 3. The molecule has 0 spiro atoms. The van der Waals surface area contributed by atoms with E-state index in [1.165, 1.54) is 7.11 Å². The first-order chi connectivity index (χ1) is 11.6. The van der Waals surface area contributed by atoms with Crippen molar-refractivity contribution in [2.75, 3.05) is 24.4 Å². The number of hydrogen-bond acceptors (Lipinski definition) is 4. The summed E-state index contributed by atoms with van der Waals surface area (Å²) in [5.41, 5.74) is 1.30. The molecule has 0 aliphatic heterocycles. The van der Waals surface area contributed by atoms with Crippen molar-refractivity contribution in [2.45, 2.75) is 19.4 Å². The Kier molecular flexibility index (Phi) is 6.77. The largest absolute Gasteiger partial charge is 0.375 e. The zero-order valence-electron chi connectivity index (χ0n) is 13.7. The van der Waals surface area contributed by atoms with E-state index >= 15 is 0 Å². The van der Waals surface area contributed by atoms with Gasteiger partial charge in [-0.3, -0.25) is 4.79 Å². The fourth-order valence-corrected chi connectivity index (χ4v) is 3.02. The fraction of sp³-hybridized carbons (Fsp3) is 0.294. The van der Waals surface area contributed by atoms with Crippen LogP contribution in [0.15, 0.2) is 41.8 Å². The maximum absolute atomic E-state index is 12.1. The van der Waals surface area contributed by atoms with Crippen molar-refractivity contribution in [2.24, 2.45) is 0 Å². The summed E-state index contributed by atoms with van der Waals surface area (Å²) in [6.45, 7) is 2.03. The number of carbonyl (C=O) groups is 2. The Bertz CT molecular complexity index is 656. The van der Waals surface area contributed by atoms with E-state index in [4.69, 9.17) is 4.74 Å². The molecule has 0 aliphatic rings. The standard InChI is InChI=1S/C17H21N3O3S/c1-3-14(15-5-4-10-24-15)20-17(22)19-13-8-6-12(7-9-13)18-16(21)11-23-2/h4-10,14H,3,11H2,1-2H3,(H,18,21)(H2,19,20,22)/t14-/m0/s1. The average Bonchev–Trinajstić information content (AvgIpc) is 3.09. The maximum Gasteiger partial charge on any atom is 0.319 e. The predicted molar refractivity (Wildman–Crippen MR) is 96.5 cm³/mol. The van der Waals surface area contributed by atoms with Crippen LogP contribution in [0.2, 0.25) is 0 Å². The molecule has 1 atom stereocenters. The number of benzene rings is 1. The molecule has 0 saturated heterocycles. The highest BCUT2D eigenvalue weighted by atomic mass is 32.1. The Hall–Kier alpha value is -2.38. The third-order valence-electron chi connectivity index (χ3n) is 3.30. The minimum Gasteiger partial charge on any atom is -0.375 e. The first-order valence-corrected chi connectivity index (χ1v) is 8.50. The normalized spacial score (nSPS) is 11.6. The van der Waals surface area contributed by atoms with Crippen LogP contribution in [0.1, 0.15) is 24.3 Å². The Morgan fingerprint density at radius 1 is 1.12 bits per heavy atom. The van der Waals surface area contributed by atoms with Gasteiger partial charge in [0.2, 0.25) is 5.91 Å². The van der Waals surface area contributed by atoms with Gasteiger partial charge in [-0.1, -0.05) is 13.0 Å². The highest BCUT2D eigenvalue weighted by Crippen LogP contribution is 2.22. The van der Waals surface area contributed by atoms with E-state index in [0.717, 1.165) is 11.3 Å². The Labute approximate surface area is 145 Å². The summed E-state index contributed by atoms with van der Waals surface area (Å²) in [6.07, 6.45) is 0.818. The molecule has 1 aromatic heterocycles. The third kappa shape index (κ3) is 5.36. The van der Waals surface area contributed by atoms with Gasteiger partial charge in [0.05, 0.1) is 6.04 Å². The summed E-state index contributed by atoms with van der Waals surface area (Å²) >= 11 is 1.62. The Morgan fingerprint density at radius 2 is 1.79 bits per heavy atom. The molecule has 1 heterocycles. The molecular weight excluding hydrogens is 326 g/mol. The van der Waals surface area contributed by atoms with Crippen molar-refractivity contribution in [1.82, 2.24) is 5.32 Å². The van der Waals surface area contributed by atoms with Crippen molar-refractivity contribution in [3.05, 3.63) is 46.7 Å². The molecule has 6 nitrogen and oxygen atoms in total. The van der Waals surface area contributed by atoms with Crippen LogP contribution in [-0.4, -0.2) is 25.7 Å². The second-order valence-electron chi connectivity index (χ2n) is 5.13. The molecule has 0 aliphatic carbocycles. The number of thiophene rings is 1. The van der Waals surface area contributed by atoms with E-state index in [9.17, 15) is 9.59 Å². The highest BCUT2D eigenvalue weighted by molar-refractivity contribution is 7.10. The predicted octanol–water partition coefficient (Wildman–Crippen LogP) is 3.61. The van der Waals surface area contributed by atoms with Crippen LogP contribution in [0, 0.1) is 0 Å². The number of rotatable bonds is 7. The smallest absolute Gasteiger partial charge is 0.319 e. The molecule has 1 aromatic carbocycles. The zero-order valence-corrected chi connectivity index (χ0v) is 14.5. The van der Waals surface area contributed by atoms with E-state index in [1.54, 1.807) is 35.6 Å². The van der Waals surface area contributed by atoms with Gasteiger partial charge in [0.15, 0.2) is 0 Å². The van der Waals surface area contributed by atoms with Gasteiger partial charge in [0.1, 0.15) is 6.61 Å². The second-order valence-corrected chi connectivity index (χ2v) is 6.11. The van der Waals surface area contributed by atoms with Crippen LogP contribution < -0.4 is 16.0 Å². The summed E-state index contributed by atoms with van der Waals surface area (Å²) in [5, 5.41) is 10.4. The van der Waals surface area contributed by atoms with Crippen molar-refractivity contribution in [3.63, 3.8) is 0 Å². The van der Waals surface area contributed by atoms with E-state index in [0.29, 0.717) is 11.4 Å². The molecule has 0 saturated carbocycles. The van der Waals surface area contributed by atoms with E-state index < -0.39 is 0 Å².